The van der Waals surface area contributed by atoms with Crippen molar-refractivity contribution in [1.29, 1.82) is 0 Å². The van der Waals surface area contributed by atoms with Crippen LogP contribution in [0, 0.1) is 11.6 Å². The minimum atomic E-state index is -1.81. The van der Waals surface area contributed by atoms with Gasteiger partial charge in [-0.1, -0.05) is 12.1 Å². The molecule has 0 aromatic heterocycles. The van der Waals surface area contributed by atoms with E-state index in [1.807, 2.05) is 0 Å². The van der Waals surface area contributed by atoms with Crippen molar-refractivity contribution < 1.29 is 46.6 Å². The van der Waals surface area contributed by atoms with Gasteiger partial charge in [0.05, 0.1) is 78.7 Å². The summed E-state index contributed by atoms with van der Waals surface area (Å²) in [7, 11) is 0.986. The number of allylic oxidation sites excluding steroid dienone is 1. The minimum absolute atomic E-state index is 0.141. The van der Waals surface area contributed by atoms with Crippen LogP contribution in [0.3, 0.4) is 0 Å². The number of benzene rings is 2. The van der Waals surface area contributed by atoms with Gasteiger partial charge in [0.2, 0.25) is 0 Å². The number of nitrogens with two attached hydrogens (primary N) is 1. The molecule has 2 amide bonds. The maximum Gasteiger partial charge on any atom is 0.336 e. The van der Waals surface area contributed by atoms with Crippen LogP contribution in [0.5, 0.6) is 0 Å². The first-order valence-electron chi connectivity index (χ1n) is 12.5. The lowest BCUT2D eigenvalue weighted by molar-refractivity contribution is -0.139. The summed E-state index contributed by atoms with van der Waals surface area (Å²) in [4.78, 5) is 52.2. The Morgan fingerprint density at radius 2 is 1.63 bits per heavy atom. The van der Waals surface area contributed by atoms with E-state index in [1.54, 1.807) is 12.1 Å². The van der Waals surface area contributed by atoms with Crippen molar-refractivity contribution in [1.82, 2.24) is 10.2 Å². The Bertz CT molecular complexity index is 1450. The molecule has 1 atom stereocenters. The lowest BCUT2D eigenvalue weighted by atomic mass is 9.79. The molecule has 2 aromatic carbocycles. The molecule has 0 fully saturated rings. The zero-order chi connectivity index (χ0) is 29.8. The number of nitrogens with one attached hydrogen (secondary N) is 1. The van der Waals surface area contributed by atoms with Crippen LogP contribution >= 0.6 is 0 Å². The number of nitrogen functional groups attached to an aromatic ring is 1. The van der Waals surface area contributed by atoms with E-state index in [9.17, 15) is 23.6 Å². The van der Waals surface area contributed by atoms with Crippen molar-refractivity contribution in [3.63, 3.8) is 0 Å². The largest absolute Gasteiger partial charge is 0.466 e. The number of hydrogen-bond acceptors (Lipinski definition) is 9. The number of imide groups is 1. The molecule has 2 aliphatic rings. The fraction of sp³-hybridized carbons (Fsp3) is 0.286. The zero-order valence-electron chi connectivity index (χ0n) is 22.1. The monoisotopic (exact) mass is 573 g/mol. The highest BCUT2D eigenvalue weighted by atomic mass is 19.1. The Morgan fingerprint density at radius 1 is 1.00 bits per heavy atom. The van der Waals surface area contributed by atoms with Gasteiger partial charge in [0.25, 0.3) is 11.8 Å². The standard InChI is InChI=1S/C28H26F3N3O7/c1-3-41-28(38)22-19(13-40-11-10-34-25(35)14-6-4-5-7-15(14)26(34)36)33-18(12-29)21(27(37)39-2)23(22)20-16(30)8-9-17(32)24(20)31/h4-9,23,33H,3,10-13,32H2,1-2H3. The molecule has 1 unspecified atom stereocenters. The number of fused-ring (bicyclic) bond motifs is 1. The van der Waals surface area contributed by atoms with Crippen LogP contribution in [-0.4, -0.2) is 68.8 Å². The van der Waals surface area contributed by atoms with E-state index in [4.69, 9.17) is 19.9 Å². The summed E-state index contributed by atoms with van der Waals surface area (Å²) in [5.41, 5.74) is 3.33. The molecule has 0 spiro atoms. The number of methoxy groups -OCH3 is 1. The molecule has 4 rings (SSSR count). The zero-order valence-corrected chi connectivity index (χ0v) is 22.1. The average molecular weight is 574 g/mol. The third-order valence-corrected chi connectivity index (χ3v) is 6.59. The van der Waals surface area contributed by atoms with E-state index in [0.717, 1.165) is 24.1 Å². The van der Waals surface area contributed by atoms with Crippen LogP contribution in [0.4, 0.5) is 18.9 Å². The molecule has 0 bridgehead atoms. The number of esters is 2. The third kappa shape index (κ3) is 5.40. The molecule has 0 saturated heterocycles. The Morgan fingerprint density at radius 3 is 2.22 bits per heavy atom. The first kappa shape index (κ1) is 29.3. The molecule has 0 aliphatic carbocycles. The average Bonchev–Trinajstić information content (AvgIpc) is 3.21. The molecule has 0 radical (unpaired) electrons. The van der Waals surface area contributed by atoms with Crippen LogP contribution in [0.2, 0.25) is 0 Å². The maximum atomic E-state index is 15.3. The number of nitrogens with zero attached hydrogens (tertiary/aromatic N) is 1. The summed E-state index contributed by atoms with van der Waals surface area (Å²) < 4.78 is 60.2. The van der Waals surface area contributed by atoms with Crippen LogP contribution in [0.1, 0.15) is 39.1 Å². The highest BCUT2D eigenvalue weighted by Gasteiger charge is 2.43. The van der Waals surface area contributed by atoms with Crippen molar-refractivity contribution in [2.75, 3.05) is 45.9 Å². The molecular weight excluding hydrogens is 547 g/mol. The predicted octanol–water partition coefficient (Wildman–Crippen LogP) is 2.76. The second-order valence-corrected chi connectivity index (χ2v) is 8.91. The van der Waals surface area contributed by atoms with Gasteiger partial charge in [0, 0.05) is 5.56 Å². The highest BCUT2D eigenvalue weighted by Crippen LogP contribution is 2.42. The van der Waals surface area contributed by atoms with Crippen LogP contribution in [0.25, 0.3) is 0 Å². The molecule has 2 aliphatic heterocycles. The second-order valence-electron chi connectivity index (χ2n) is 8.91. The maximum absolute atomic E-state index is 15.3. The van der Waals surface area contributed by atoms with Gasteiger partial charge in [-0.15, -0.1) is 0 Å². The van der Waals surface area contributed by atoms with Gasteiger partial charge in [0.15, 0.2) is 5.82 Å². The summed E-state index contributed by atoms with van der Waals surface area (Å²) in [6.45, 7) is -0.795. The molecule has 41 heavy (non-hydrogen) atoms. The number of amides is 2. The molecule has 0 saturated carbocycles. The van der Waals surface area contributed by atoms with Gasteiger partial charge in [0.1, 0.15) is 12.5 Å². The normalized spacial score (nSPS) is 16.6. The molecule has 10 nitrogen and oxygen atoms in total. The van der Waals surface area contributed by atoms with E-state index in [1.165, 1.54) is 19.1 Å². The van der Waals surface area contributed by atoms with E-state index < -0.39 is 82.7 Å². The Balaban J connectivity index is 1.69. The van der Waals surface area contributed by atoms with Gasteiger partial charge in [-0.05, 0) is 31.2 Å². The molecule has 2 aromatic rings. The van der Waals surface area contributed by atoms with Gasteiger partial charge in [-0.3, -0.25) is 14.5 Å². The van der Waals surface area contributed by atoms with Gasteiger partial charge in [-0.25, -0.2) is 22.8 Å². The van der Waals surface area contributed by atoms with Crippen molar-refractivity contribution in [2.24, 2.45) is 0 Å². The fourth-order valence-electron chi connectivity index (χ4n) is 4.74. The third-order valence-electron chi connectivity index (χ3n) is 6.59. The van der Waals surface area contributed by atoms with Crippen molar-refractivity contribution >= 4 is 29.4 Å². The molecule has 216 valence electrons. The van der Waals surface area contributed by atoms with Gasteiger partial charge < -0.3 is 25.3 Å². The van der Waals surface area contributed by atoms with E-state index in [2.05, 4.69) is 5.32 Å². The van der Waals surface area contributed by atoms with Crippen molar-refractivity contribution in [3.05, 3.63) is 87.3 Å². The molecule has 13 heteroatoms. The summed E-state index contributed by atoms with van der Waals surface area (Å²) in [6.07, 6.45) is 0. The van der Waals surface area contributed by atoms with Gasteiger partial charge in [-0.2, -0.15) is 0 Å². The number of rotatable bonds is 10. The lowest BCUT2D eigenvalue weighted by Gasteiger charge is -2.32. The quantitative estimate of drug-likeness (QED) is 0.190. The number of anilines is 1. The summed E-state index contributed by atoms with van der Waals surface area (Å²) in [5, 5.41) is 2.61. The minimum Gasteiger partial charge on any atom is -0.466 e. The van der Waals surface area contributed by atoms with Crippen LogP contribution in [0.15, 0.2) is 58.9 Å². The first-order chi connectivity index (χ1) is 19.7. The smallest absolute Gasteiger partial charge is 0.336 e. The second kappa shape index (κ2) is 12.3. The van der Waals surface area contributed by atoms with E-state index in [-0.39, 0.29) is 36.6 Å². The number of carbonyl (C=O) groups excluding carboxylic acids is 4. The summed E-state index contributed by atoms with van der Waals surface area (Å²) >= 11 is 0. The predicted molar refractivity (Wildman–Crippen MR) is 138 cm³/mol. The number of dihydropyridines is 1. The van der Waals surface area contributed by atoms with Gasteiger partial charge >= 0.3 is 11.9 Å². The SMILES string of the molecule is CCOC(=O)C1=C(COCCN2C(=O)c3ccccc3C2=O)NC(CF)=C(C(=O)OC)C1c1c(F)ccc(N)c1F. The molecular formula is C28H26F3N3O7. The fourth-order valence-corrected chi connectivity index (χ4v) is 4.74. The van der Waals surface area contributed by atoms with Crippen LogP contribution in [-0.2, 0) is 23.8 Å². The van der Waals surface area contributed by atoms with Crippen LogP contribution < -0.4 is 11.1 Å². The summed E-state index contributed by atoms with van der Waals surface area (Å²) in [6, 6.07) is 8.12. The number of carbonyl (C=O) groups is 4. The Hall–Kier alpha value is -4.65. The number of ether oxygens (including phenoxy) is 3. The molecule has 2 heterocycles. The first-order valence-corrected chi connectivity index (χ1v) is 12.5. The Kier molecular flexibility index (Phi) is 8.77. The number of alkyl halides is 1. The molecule has 3 N–H and O–H groups in total. The lowest BCUT2D eigenvalue weighted by Crippen LogP contribution is -2.37. The van der Waals surface area contributed by atoms with Crippen molar-refractivity contribution in [2.45, 2.75) is 12.8 Å². The van der Waals surface area contributed by atoms with Crippen molar-refractivity contribution in [3.8, 4) is 0 Å². The summed E-state index contributed by atoms with van der Waals surface area (Å²) in [5.74, 6) is -7.45. The topological polar surface area (TPSA) is 137 Å². The number of hydrogen-bond donors (Lipinski definition) is 2. The number of halogens is 3. The highest BCUT2D eigenvalue weighted by molar-refractivity contribution is 6.21. The van der Waals surface area contributed by atoms with E-state index >= 15 is 8.78 Å². The Labute approximate surface area is 232 Å². The van der Waals surface area contributed by atoms with E-state index in [0.29, 0.717) is 0 Å².